The van der Waals surface area contributed by atoms with Gasteiger partial charge in [-0.1, -0.05) is 20.8 Å². The third-order valence-electron chi connectivity index (χ3n) is 4.05. The van der Waals surface area contributed by atoms with Crippen molar-refractivity contribution in [2.75, 3.05) is 32.7 Å². The van der Waals surface area contributed by atoms with Crippen molar-refractivity contribution in [3.8, 4) is 0 Å². The molecule has 2 rings (SSSR count). The number of hydrogen-bond acceptors (Lipinski definition) is 3. The molecule has 0 unspecified atom stereocenters. The number of urea groups is 1. The standard InChI is InChI=1S/C17H26FN3O3S/c1-13-11-14(18)5-6-15(13)25(23,24)21-9-7-20(8-10-21)16(22)19-12-17(2,3)4/h5-6,11H,7-10,12H2,1-4H3,(H,19,22). The Kier molecular flexibility index (Phi) is 5.73. The first-order chi connectivity index (χ1) is 11.5. The molecule has 1 saturated heterocycles. The van der Waals surface area contributed by atoms with Crippen molar-refractivity contribution < 1.29 is 17.6 Å². The first-order valence-electron chi connectivity index (χ1n) is 8.30. The summed E-state index contributed by atoms with van der Waals surface area (Å²) in [7, 11) is -3.69. The van der Waals surface area contributed by atoms with Crippen LogP contribution in [0, 0.1) is 18.2 Å². The van der Waals surface area contributed by atoms with Gasteiger partial charge in [0.05, 0.1) is 4.90 Å². The number of sulfonamides is 1. The maximum absolute atomic E-state index is 13.2. The molecule has 1 fully saturated rings. The summed E-state index contributed by atoms with van der Waals surface area (Å²) in [6.45, 7) is 9.33. The Morgan fingerprint density at radius 1 is 1.20 bits per heavy atom. The van der Waals surface area contributed by atoms with E-state index in [4.69, 9.17) is 0 Å². The number of carbonyl (C=O) groups is 1. The molecule has 0 spiro atoms. The third-order valence-corrected chi connectivity index (χ3v) is 6.11. The van der Waals surface area contributed by atoms with E-state index in [1.54, 1.807) is 11.8 Å². The molecule has 8 heteroatoms. The number of aryl methyl sites for hydroxylation is 1. The van der Waals surface area contributed by atoms with Gasteiger partial charge >= 0.3 is 6.03 Å². The molecule has 1 N–H and O–H groups in total. The molecule has 1 aromatic carbocycles. The molecule has 0 atom stereocenters. The van der Waals surface area contributed by atoms with Crippen LogP contribution in [0.25, 0.3) is 0 Å². The van der Waals surface area contributed by atoms with Crippen LogP contribution in [0.15, 0.2) is 23.1 Å². The highest BCUT2D eigenvalue weighted by Gasteiger charge is 2.31. The Morgan fingerprint density at radius 2 is 1.80 bits per heavy atom. The minimum atomic E-state index is -3.69. The fourth-order valence-corrected chi connectivity index (χ4v) is 4.25. The van der Waals surface area contributed by atoms with Gasteiger partial charge < -0.3 is 10.2 Å². The van der Waals surface area contributed by atoms with Gasteiger partial charge in [-0.15, -0.1) is 0 Å². The molecule has 0 saturated carbocycles. The molecule has 0 aromatic heterocycles. The van der Waals surface area contributed by atoms with Gasteiger partial charge in [-0.05, 0) is 36.1 Å². The fourth-order valence-electron chi connectivity index (χ4n) is 2.63. The largest absolute Gasteiger partial charge is 0.337 e. The lowest BCUT2D eigenvalue weighted by atomic mass is 9.97. The van der Waals surface area contributed by atoms with Crippen molar-refractivity contribution in [2.45, 2.75) is 32.6 Å². The number of benzene rings is 1. The van der Waals surface area contributed by atoms with Crippen LogP contribution in [-0.4, -0.2) is 56.4 Å². The van der Waals surface area contributed by atoms with Gasteiger partial charge in [0, 0.05) is 32.7 Å². The fraction of sp³-hybridized carbons (Fsp3) is 0.588. The molecule has 1 heterocycles. The number of nitrogens with zero attached hydrogens (tertiary/aromatic N) is 2. The van der Waals surface area contributed by atoms with Gasteiger partial charge in [0.25, 0.3) is 0 Å². The van der Waals surface area contributed by atoms with E-state index in [-0.39, 0.29) is 29.4 Å². The van der Waals surface area contributed by atoms with Crippen molar-refractivity contribution >= 4 is 16.1 Å². The third kappa shape index (κ3) is 4.92. The summed E-state index contributed by atoms with van der Waals surface area (Å²) in [5, 5.41) is 2.87. The highest BCUT2D eigenvalue weighted by molar-refractivity contribution is 7.89. The lowest BCUT2D eigenvalue weighted by molar-refractivity contribution is 0.169. The summed E-state index contributed by atoms with van der Waals surface area (Å²) < 4.78 is 40.0. The molecule has 2 amide bonds. The highest BCUT2D eigenvalue weighted by Crippen LogP contribution is 2.22. The number of halogens is 1. The number of nitrogens with one attached hydrogen (secondary N) is 1. The van der Waals surface area contributed by atoms with Crippen molar-refractivity contribution in [2.24, 2.45) is 5.41 Å². The Morgan fingerprint density at radius 3 is 2.32 bits per heavy atom. The lowest BCUT2D eigenvalue weighted by Crippen LogP contribution is -2.53. The van der Waals surface area contributed by atoms with Gasteiger partial charge in [-0.2, -0.15) is 4.31 Å². The van der Waals surface area contributed by atoms with E-state index in [0.29, 0.717) is 25.2 Å². The van der Waals surface area contributed by atoms with Crippen LogP contribution in [0.5, 0.6) is 0 Å². The second-order valence-corrected chi connectivity index (χ2v) is 9.43. The molecule has 6 nitrogen and oxygen atoms in total. The minimum Gasteiger partial charge on any atom is -0.337 e. The Balaban J connectivity index is 2.00. The zero-order valence-corrected chi connectivity index (χ0v) is 16.0. The van der Waals surface area contributed by atoms with Crippen LogP contribution in [0.3, 0.4) is 0 Å². The Hall–Kier alpha value is -1.67. The van der Waals surface area contributed by atoms with Crippen LogP contribution >= 0.6 is 0 Å². The number of piperazine rings is 1. The number of carbonyl (C=O) groups excluding carboxylic acids is 1. The predicted octanol–water partition coefficient (Wildman–Crippen LogP) is 2.20. The summed E-state index contributed by atoms with van der Waals surface area (Å²) in [4.78, 5) is 13.9. The SMILES string of the molecule is Cc1cc(F)ccc1S(=O)(=O)N1CCN(C(=O)NCC(C)(C)C)CC1. The summed E-state index contributed by atoms with van der Waals surface area (Å²) in [5.74, 6) is -0.461. The van der Waals surface area contributed by atoms with Crippen molar-refractivity contribution in [1.82, 2.24) is 14.5 Å². The highest BCUT2D eigenvalue weighted by atomic mass is 32.2. The maximum Gasteiger partial charge on any atom is 0.317 e. The zero-order chi connectivity index (χ0) is 18.8. The van der Waals surface area contributed by atoms with Gasteiger partial charge in [0.15, 0.2) is 0 Å². The van der Waals surface area contributed by atoms with E-state index in [0.717, 1.165) is 6.07 Å². The summed E-state index contributed by atoms with van der Waals surface area (Å²) in [5.41, 5.74) is 0.367. The van der Waals surface area contributed by atoms with Crippen molar-refractivity contribution in [3.05, 3.63) is 29.6 Å². The summed E-state index contributed by atoms with van der Waals surface area (Å²) in [6, 6.07) is 3.48. The van der Waals surface area contributed by atoms with Crippen LogP contribution < -0.4 is 5.32 Å². The number of amides is 2. The van der Waals surface area contributed by atoms with E-state index in [1.165, 1.54) is 16.4 Å². The van der Waals surface area contributed by atoms with Crippen LogP contribution in [-0.2, 0) is 10.0 Å². The molecule has 140 valence electrons. The molecular formula is C17H26FN3O3S. The molecule has 0 bridgehead atoms. The average molecular weight is 371 g/mol. The van der Waals surface area contributed by atoms with Gasteiger partial charge in [-0.25, -0.2) is 17.6 Å². The van der Waals surface area contributed by atoms with Crippen LogP contribution in [0.4, 0.5) is 9.18 Å². The topological polar surface area (TPSA) is 69.7 Å². The maximum atomic E-state index is 13.2. The lowest BCUT2D eigenvalue weighted by Gasteiger charge is -2.34. The van der Waals surface area contributed by atoms with Crippen molar-refractivity contribution in [3.63, 3.8) is 0 Å². The van der Waals surface area contributed by atoms with Crippen LogP contribution in [0.1, 0.15) is 26.3 Å². The average Bonchev–Trinajstić information content (AvgIpc) is 2.51. The molecular weight excluding hydrogens is 345 g/mol. The Labute approximate surface area is 149 Å². The molecule has 1 aromatic rings. The first kappa shape index (κ1) is 19.7. The normalized spacial score (nSPS) is 16.8. The Bertz CT molecular complexity index is 736. The number of rotatable bonds is 3. The van der Waals surface area contributed by atoms with Crippen LogP contribution in [0.2, 0.25) is 0 Å². The second kappa shape index (κ2) is 7.29. The monoisotopic (exact) mass is 371 g/mol. The molecule has 25 heavy (non-hydrogen) atoms. The van der Waals surface area contributed by atoms with E-state index in [1.807, 2.05) is 20.8 Å². The van der Waals surface area contributed by atoms with E-state index >= 15 is 0 Å². The summed E-state index contributed by atoms with van der Waals surface area (Å²) >= 11 is 0. The van der Waals surface area contributed by atoms with E-state index in [2.05, 4.69) is 5.32 Å². The van der Waals surface area contributed by atoms with Gasteiger partial charge in [0.2, 0.25) is 10.0 Å². The van der Waals surface area contributed by atoms with E-state index < -0.39 is 15.8 Å². The molecule has 0 aliphatic carbocycles. The van der Waals surface area contributed by atoms with Gasteiger partial charge in [-0.3, -0.25) is 0 Å². The molecule has 1 aliphatic heterocycles. The molecule has 1 aliphatic rings. The predicted molar refractivity (Wildman–Crippen MR) is 94.3 cm³/mol. The number of hydrogen-bond donors (Lipinski definition) is 1. The zero-order valence-electron chi connectivity index (χ0n) is 15.2. The minimum absolute atomic E-state index is 0.0130. The molecule has 0 radical (unpaired) electrons. The summed E-state index contributed by atoms with van der Waals surface area (Å²) in [6.07, 6.45) is 0. The first-order valence-corrected chi connectivity index (χ1v) is 9.74. The quantitative estimate of drug-likeness (QED) is 0.886. The second-order valence-electron chi connectivity index (χ2n) is 7.52. The van der Waals surface area contributed by atoms with E-state index in [9.17, 15) is 17.6 Å². The van der Waals surface area contributed by atoms with Gasteiger partial charge in [0.1, 0.15) is 5.82 Å². The van der Waals surface area contributed by atoms with Crippen molar-refractivity contribution in [1.29, 1.82) is 0 Å². The smallest absolute Gasteiger partial charge is 0.317 e.